The Bertz CT molecular complexity index is 762. The fraction of sp³-hybridized carbons (Fsp3) is 0.294. The van der Waals surface area contributed by atoms with Crippen LogP contribution in [0.15, 0.2) is 30.5 Å². The zero-order valence-electron chi connectivity index (χ0n) is 13.2. The van der Waals surface area contributed by atoms with E-state index in [9.17, 15) is 18.0 Å². The first-order valence-corrected chi connectivity index (χ1v) is 7.80. The molecule has 5 nitrogen and oxygen atoms in total. The van der Waals surface area contributed by atoms with Gasteiger partial charge in [-0.15, -0.1) is 0 Å². The van der Waals surface area contributed by atoms with Crippen molar-refractivity contribution in [2.75, 3.05) is 23.8 Å². The number of ether oxygens (including phenoxy) is 1. The molecule has 0 bridgehead atoms. The monoisotopic (exact) mass is 351 g/mol. The highest BCUT2D eigenvalue weighted by Crippen LogP contribution is 2.24. The number of aromatic nitrogens is 1. The summed E-state index contributed by atoms with van der Waals surface area (Å²) in [5.74, 6) is -3.98. The van der Waals surface area contributed by atoms with Gasteiger partial charge in [0.1, 0.15) is 5.82 Å². The number of nitrogens with one attached hydrogen (secondary N) is 2. The lowest BCUT2D eigenvalue weighted by Crippen LogP contribution is -2.28. The maximum atomic E-state index is 13.6. The minimum Gasteiger partial charge on any atom is -0.381 e. The molecule has 132 valence electrons. The van der Waals surface area contributed by atoms with E-state index >= 15 is 0 Å². The van der Waals surface area contributed by atoms with Crippen LogP contribution in [-0.4, -0.2) is 24.1 Å². The summed E-state index contributed by atoms with van der Waals surface area (Å²) < 4.78 is 45.0. The topological polar surface area (TPSA) is 63.2 Å². The molecule has 1 aliphatic rings. The number of benzene rings is 1. The molecule has 1 fully saturated rings. The van der Waals surface area contributed by atoms with E-state index in [4.69, 9.17) is 4.74 Å². The Labute approximate surface area is 142 Å². The number of carbonyl (C=O) groups is 1. The molecule has 1 aromatic carbocycles. The molecule has 3 rings (SSSR count). The van der Waals surface area contributed by atoms with Crippen molar-refractivity contribution in [1.29, 1.82) is 0 Å². The molecule has 8 heteroatoms. The zero-order valence-corrected chi connectivity index (χ0v) is 13.2. The van der Waals surface area contributed by atoms with Crippen molar-refractivity contribution in [3.63, 3.8) is 0 Å². The summed E-state index contributed by atoms with van der Waals surface area (Å²) in [7, 11) is 0. The molecular formula is C17H16F3N3O2. The Kier molecular flexibility index (Phi) is 5.18. The van der Waals surface area contributed by atoms with Crippen LogP contribution >= 0.6 is 0 Å². The number of hydrogen-bond donors (Lipinski definition) is 2. The van der Waals surface area contributed by atoms with Gasteiger partial charge in [0.25, 0.3) is 0 Å². The lowest BCUT2D eigenvalue weighted by molar-refractivity contribution is -0.122. The van der Waals surface area contributed by atoms with E-state index in [1.165, 1.54) is 12.3 Å². The Hall–Kier alpha value is -2.61. The molecule has 0 radical (unpaired) electrons. The second-order valence-electron chi connectivity index (χ2n) is 5.66. The van der Waals surface area contributed by atoms with E-state index in [0.29, 0.717) is 37.6 Å². The first-order chi connectivity index (χ1) is 12.0. The van der Waals surface area contributed by atoms with Crippen molar-refractivity contribution in [2.45, 2.75) is 12.8 Å². The number of carbonyl (C=O) groups excluding carboxylic acids is 1. The SMILES string of the molecule is O=C(Nc1ccc(Nc2ccc(F)c(F)c2F)cn1)C1CCOCC1. The van der Waals surface area contributed by atoms with Gasteiger partial charge in [0.15, 0.2) is 17.5 Å². The van der Waals surface area contributed by atoms with Crippen molar-refractivity contribution in [3.05, 3.63) is 47.9 Å². The van der Waals surface area contributed by atoms with Crippen LogP contribution in [0.5, 0.6) is 0 Å². The van der Waals surface area contributed by atoms with Crippen LogP contribution in [-0.2, 0) is 9.53 Å². The molecule has 2 N–H and O–H groups in total. The van der Waals surface area contributed by atoms with Crippen LogP contribution in [0.25, 0.3) is 0 Å². The molecule has 1 aromatic heterocycles. The quantitative estimate of drug-likeness (QED) is 0.826. The zero-order chi connectivity index (χ0) is 17.8. The molecule has 25 heavy (non-hydrogen) atoms. The predicted molar refractivity (Wildman–Crippen MR) is 86.0 cm³/mol. The van der Waals surface area contributed by atoms with Gasteiger partial charge in [-0.2, -0.15) is 0 Å². The Balaban J connectivity index is 1.64. The van der Waals surface area contributed by atoms with E-state index in [2.05, 4.69) is 15.6 Å². The summed E-state index contributed by atoms with van der Waals surface area (Å²) in [5.41, 5.74) is 0.161. The van der Waals surface area contributed by atoms with Gasteiger partial charge in [0.2, 0.25) is 5.91 Å². The standard InChI is InChI=1S/C17H16F3N3O2/c18-12-2-3-13(16(20)15(12)19)22-11-1-4-14(21-9-11)23-17(24)10-5-7-25-8-6-10/h1-4,9-10,22H,5-8H2,(H,21,23,24). The molecule has 2 aromatic rings. The van der Waals surface area contributed by atoms with Gasteiger partial charge < -0.3 is 15.4 Å². The van der Waals surface area contributed by atoms with Crippen molar-refractivity contribution in [3.8, 4) is 0 Å². The average molecular weight is 351 g/mol. The van der Waals surface area contributed by atoms with E-state index in [0.717, 1.165) is 12.1 Å². The van der Waals surface area contributed by atoms with Crippen molar-refractivity contribution >= 4 is 23.1 Å². The number of amides is 1. The van der Waals surface area contributed by atoms with Gasteiger partial charge in [-0.05, 0) is 37.1 Å². The normalized spacial score (nSPS) is 15.0. The molecule has 1 amide bonds. The highest BCUT2D eigenvalue weighted by Gasteiger charge is 2.21. The first kappa shape index (κ1) is 17.2. The van der Waals surface area contributed by atoms with Gasteiger partial charge in [0, 0.05) is 19.1 Å². The van der Waals surface area contributed by atoms with E-state index in [-0.39, 0.29) is 17.5 Å². The molecule has 0 unspecified atom stereocenters. The van der Waals surface area contributed by atoms with Crippen LogP contribution in [0, 0.1) is 23.4 Å². The molecule has 1 aliphatic heterocycles. The summed E-state index contributed by atoms with van der Waals surface area (Å²) in [5, 5.41) is 5.32. The minimum atomic E-state index is -1.54. The first-order valence-electron chi connectivity index (χ1n) is 7.80. The molecular weight excluding hydrogens is 335 g/mol. The third kappa shape index (κ3) is 4.08. The van der Waals surface area contributed by atoms with Crippen molar-refractivity contribution in [1.82, 2.24) is 4.98 Å². The highest BCUT2D eigenvalue weighted by molar-refractivity contribution is 5.91. The van der Waals surface area contributed by atoms with Gasteiger partial charge >= 0.3 is 0 Å². The number of nitrogens with zero attached hydrogens (tertiary/aromatic N) is 1. The van der Waals surface area contributed by atoms with E-state index < -0.39 is 17.5 Å². The van der Waals surface area contributed by atoms with Crippen LogP contribution in [0.1, 0.15) is 12.8 Å². The number of rotatable bonds is 4. The molecule has 0 saturated carbocycles. The number of halogens is 3. The molecule has 0 spiro atoms. The highest BCUT2D eigenvalue weighted by atomic mass is 19.2. The van der Waals surface area contributed by atoms with E-state index in [1.807, 2.05) is 0 Å². The number of pyridine rings is 1. The average Bonchev–Trinajstić information content (AvgIpc) is 2.64. The summed E-state index contributed by atoms with van der Waals surface area (Å²) in [6.45, 7) is 1.13. The fourth-order valence-electron chi connectivity index (χ4n) is 2.51. The third-order valence-corrected chi connectivity index (χ3v) is 3.92. The third-order valence-electron chi connectivity index (χ3n) is 3.92. The summed E-state index contributed by atoms with van der Waals surface area (Å²) in [6.07, 6.45) is 2.70. The maximum absolute atomic E-state index is 13.6. The maximum Gasteiger partial charge on any atom is 0.228 e. The summed E-state index contributed by atoms with van der Waals surface area (Å²) in [4.78, 5) is 16.2. The second kappa shape index (κ2) is 7.52. The van der Waals surface area contributed by atoms with E-state index in [1.54, 1.807) is 6.07 Å². The Morgan fingerprint density at radius 1 is 1.08 bits per heavy atom. The molecule has 1 saturated heterocycles. The van der Waals surface area contributed by atoms with Gasteiger partial charge in [0.05, 0.1) is 17.6 Å². The summed E-state index contributed by atoms with van der Waals surface area (Å²) in [6, 6.07) is 5.01. The minimum absolute atomic E-state index is 0.107. The van der Waals surface area contributed by atoms with Crippen molar-refractivity contribution in [2.24, 2.45) is 5.92 Å². The Morgan fingerprint density at radius 2 is 1.84 bits per heavy atom. The van der Waals surface area contributed by atoms with Crippen LogP contribution in [0.3, 0.4) is 0 Å². The van der Waals surface area contributed by atoms with Crippen LogP contribution in [0.4, 0.5) is 30.4 Å². The second-order valence-corrected chi connectivity index (χ2v) is 5.66. The largest absolute Gasteiger partial charge is 0.381 e. The van der Waals surface area contributed by atoms with Gasteiger partial charge in [-0.3, -0.25) is 4.79 Å². The van der Waals surface area contributed by atoms with Gasteiger partial charge in [-0.25, -0.2) is 18.2 Å². The number of anilines is 3. The molecule has 0 aliphatic carbocycles. The van der Waals surface area contributed by atoms with Crippen LogP contribution < -0.4 is 10.6 Å². The smallest absolute Gasteiger partial charge is 0.228 e. The van der Waals surface area contributed by atoms with Gasteiger partial charge in [-0.1, -0.05) is 0 Å². The number of hydrogen-bond acceptors (Lipinski definition) is 4. The fourth-order valence-corrected chi connectivity index (χ4v) is 2.51. The predicted octanol–water partition coefficient (Wildman–Crippen LogP) is 3.61. The molecule has 0 atom stereocenters. The van der Waals surface area contributed by atoms with Crippen LogP contribution in [0.2, 0.25) is 0 Å². The summed E-state index contributed by atoms with van der Waals surface area (Å²) >= 11 is 0. The Morgan fingerprint density at radius 3 is 2.52 bits per heavy atom. The lowest BCUT2D eigenvalue weighted by Gasteiger charge is -2.20. The lowest BCUT2D eigenvalue weighted by atomic mass is 9.99. The molecule has 2 heterocycles. The van der Waals surface area contributed by atoms with Crippen molar-refractivity contribution < 1.29 is 22.7 Å².